The Hall–Kier alpha value is 0.450. The van der Waals surface area contributed by atoms with Gasteiger partial charge in [0.15, 0.2) is 0 Å². The van der Waals surface area contributed by atoms with Gasteiger partial charge in [-0.05, 0) is 0 Å². The van der Waals surface area contributed by atoms with Crippen LogP contribution in [0.15, 0.2) is 0 Å². The summed E-state index contributed by atoms with van der Waals surface area (Å²) in [6.45, 7) is 0. The summed E-state index contributed by atoms with van der Waals surface area (Å²) in [5.41, 5.74) is 0. The van der Waals surface area contributed by atoms with Gasteiger partial charge in [-0.2, -0.15) is 0 Å². The second-order valence-corrected chi connectivity index (χ2v) is 5.28. The minimum Gasteiger partial charge on any atom is -0.218 e. The third-order valence-corrected chi connectivity index (χ3v) is 2.92. The molecule has 0 aliphatic heterocycles. The molecule has 0 spiro atoms. The quantitative estimate of drug-likeness (QED) is 0.688. The first-order valence-electron chi connectivity index (χ1n) is 4.70. The van der Waals surface area contributed by atoms with E-state index in [0.29, 0.717) is 0 Å². The van der Waals surface area contributed by atoms with E-state index < -0.39 is 0 Å². The highest BCUT2D eigenvalue weighted by Gasteiger charge is 2.05. The molecule has 3 nitrogen and oxygen atoms in total. The average molecular weight is 402 g/mol. The molecule has 0 aliphatic rings. The first kappa shape index (κ1) is 13.5. The molecule has 0 atom stereocenters. The Morgan fingerprint density at radius 1 is 0.600 bits per heavy atom. The molecular weight excluding hydrogens is 390 g/mol. The fourth-order valence-electron chi connectivity index (χ4n) is 1.11. The van der Waals surface area contributed by atoms with E-state index in [4.69, 9.17) is 0 Å². The van der Waals surface area contributed by atoms with Crippen molar-refractivity contribution in [3.05, 3.63) is 17.5 Å². The van der Waals surface area contributed by atoms with Gasteiger partial charge in [-0.25, -0.2) is 15.0 Å². The van der Waals surface area contributed by atoms with Crippen molar-refractivity contribution in [2.45, 2.75) is 19.3 Å². The van der Waals surface area contributed by atoms with Crippen LogP contribution in [0.4, 0.5) is 0 Å². The summed E-state index contributed by atoms with van der Waals surface area (Å²) in [5.74, 6) is 2.65. The average Bonchev–Trinajstić information content (AvgIpc) is 2.19. The lowest BCUT2D eigenvalue weighted by Crippen LogP contribution is -2.09. The van der Waals surface area contributed by atoms with Crippen LogP contribution in [0.2, 0.25) is 0 Å². The predicted octanol–water partition coefficient (Wildman–Crippen LogP) is 2.68. The molecule has 0 unspecified atom stereocenters. The lowest BCUT2D eigenvalue weighted by atomic mass is 10.3. The van der Waals surface area contributed by atoms with Gasteiger partial charge >= 0.3 is 0 Å². The molecule has 1 aromatic heterocycles. The van der Waals surface area contributed by atoms with Crippen LogP contribution in [0, 0.1) is 0 Å². The maximum Gasteiger partial charge on any atom is 0.133 e. The van der Waals surface area contributed by atoms with E-state index in [9.17, 15) is 0 Å². The van der Waals surface area contributed by atoms with Crippen molar-refractivity contribution in [1.29, 1.82) is 0 Å². The maximum absolute atomic E-state index is 4.40. The SMILES string of the molecule is BrCCc1nc(CCBr)nc(CCBr)n1. The van der Waals surface area contributed by atoms with Gasteiger partial charge in [0.2, 0.25) is 0 Å². The summed E-state index contributed by atoms with van der Waals surface area (Å²) in [7, 11) is 0. The Bertz CT molecular complexity index is 247. The minimum absolute atomic E-state index is 0.854. The number of hydrogen-bond donors (Lipinski definition) is 0. The molecule has 0 aromatic carbocycles. The zero-order chi connectivity index (χ0) is 11.1. The van der Waals surface area contributed by atoms with Crippen molar-refractivity contribution < 1.29 is 0 Å². The van der Waals surface area contributed by atoms with Gasteiger partial charge in [-0.15, -0.1) is 0 Å². The molecule has 0 amide bonds. The second kappa shape index (κ2) is 7.68. The smallest absolute Gasteiger partial charge is 0.133 e. The number of hydrogen-bond acceptors (Lipinski definition) is 3. The zero-order valence-electron chi connectivity index (χ0n) is 8.22. The Labute approximate surface area is 115 Å². The maximum atomic E-state index is 4.40. The Kier molecular flexibility index (Phi) is 6.92. The Morgan fingerprint density at radius 3 is 1.07 bits per heavy atom. The van der Waals surface area contributed by atoms with E-state index in [1.165, 1.54) is 0 Å². The first-order valence-corrected chi connectivity index (χ1v) is 8.07. The standard InChI is InChI=1S/C9H12Br3N3/c10-4-1-7-13-8(2-5-11)15-9(14-7)3-6-12/h1-6H2. The van der Waals surface area contributed by atoms with Gasteiger partial charge in [0.25, 0.3) is 0 Å². The van der Waals surface area contributed by atoms with E-state index in [2.05, 4.69) is 62.7 Å². The Morgan fingerprint density at radius 2 is 0.867 bits per heavy atom. The summed E-state index contributed by atoms with van der Waals surface area (Å²) in [5, 5.41) is 2.66. The molecule has 15 heavy (non-hydrogen) atoms. The van der Waals surface area contributed by atoms with Gasteiger partial charge in [0.05, 0.1) is 0 Å². The molecule has 1 heterocycles. The summed E-state index contributed by atoms with van der Waals surface area (Å²) in [4.78, 5) is 13.2. The van der Waals surface area contributed by atoms with Crippen LogP contribution in [-0.2, 0) is 19.3 Å². The van der Waals surface area contributed by atoms with E-state index in [0.717, 1.165) is 52.7 Å². The third-order valence-electron chi connectivity index (χ3n) is 1.73. The van der Waals surface area contributed by atoms with Crippen molar-refractivity contribution >= 4 is 47.8 Å². The number of halogens is 3. The van der Waals surface area contributed by atoms with Crippen LogP contribution in [0.3, 0.4) is 0 Å². The lowest BCUT2D eigenvalue weighted by Gasteiger charge is -2.04. The van der Waals surface area contributed by atoms with Crippen LogP contribution in [0.5, 0.6) is 0 Å². The highest BCUT2D eigenvalue weighted by molar-refractivity contribution is 9.09. The molecule has 0 N–H and O–H groups in total. The van der Waals surface area contributed by atoms with Crippen LogP contribution >= 0.6 is 47.8 Å². The monoisotopic (exact) mass is 399 g/mol. The molecule has 0 bridgehead atoms. The van der Waals surface area contributed by atoms with Gasteiger partial charge in [-0.1, -0.05) is 47.8 Å². The fraction of sp³-hybridized carbons (Fsp3) is 0.667. The highest BCUT2D eigenvalue weighted by Crippen LogP contribution is 2.03. The molecule has 6 heteroatoms. The summed E-state index contributed by atoms with van der Waals surface area (Å²) in [6.07, 6.45) is 2.56. The molecule has 84 valence electrons. The molecule has 0 aliphatic carbocycles. The first-order chi connectivity index (χ1) is 7.30. The number of aromatic nitrogens is 3. The predicted molar refractivity (Wildman–Crippen MR) is 72.3 cm³/mol. The fourth-order valence-corrected chi connectivity index (χ4v) is 2.17. The second-order valence-electron chi connectivity index (χ2n) is 2.90. The number of nitrogens with zero attached hydrogens (tertiary/aromatic N) is 3. The molecule has 0 fully saturated rings. The van der Waals surface area contributed by atoms with E-state index in [1.54, 1.807) is 0 Å². The number of aryl methyl sites for hydroxylation is 3. The van der Waals surface area contributed by atoms with Crippen LogP contribution < -0.4 is 0 Å². The summed E-state index contributed by atoms with van der Waals surface area (Å²) in [6, 6.07) is 0. The van der Waals surface area contributed by atoms with Gasteiger partial charge in [-0.3, -0.25) is 0 Å². The number of alkyl halides is 3. The largest absolute Gasteiger partial charge is 0.218 e. The van der Waals surface area contributed by atoms with Crippen molar-refractivity contribution in [2.24, 2.45) is 0 Å². The van der Waals surface area contributed by atoms with Crippen molar-refractivity contribution in [3.63, 3.8) is 0 Å². The van der Waals surface area contributed by atoms with Crippen molar-refractivity contribution in [1.82, 2.24) is 15.0 Å². The van der Waals surface area contributed by atoms with Crippen LogP contribution in [0.25, 0.3) is 0 Å². The summed E-state index contributed by atoms with van der Waals surface area (Å²) < 4.78 is 0. The van der Waals surface area contributed by atoms with E-state index in [1.807, 2.05) is 0 Å². The molecule has 1 aromatic rings. The number of rotatable bonds is 6. The van der Waals surface area contributed by atoms with Crippen molar-refractivity contribution in [3.8, 4) is 0 Å². The topological polar surface area (TPSA) is 38.7 Å². The molecule has 0 radical (unpaired) electrons. The lowest BCUT2D eigenvalue weighted by molar-refractivity contribution is 0.781. The normalized spacial score (nSPS) is 10.6. The third kappa shape index (κ3) is 4.87. The van der Waals surface area contributed by atoms with E-state index >= 15 is 0 Å². The minimum atomic E-state index is 0.854. The highest BCUT2D eigenvalue weighted by atomic mass is 79.9. The molecule has 1 rings (SSSR count). The van der Waals surface area contributed by atoms with E-state index in [-0.39, 0.29) is 0 Å². The Balaban J connectivity index is 2.86. The molecule has 0 saturated heterocycles. The summed E-state index contributed by atoms with van der Waals surface area (Å²) >= 11 is 10.2. The van der Waals surface area contributed by atoms with Gasteiger partial charge < -0.3 is 0 Å². The van der Waals surface area contributed by atoms with Crippen LogP contribution in [-0.4, -0.2) is 30.9 Å². The zero-order valence-corrected chi connectivity index (χ0v) is 13.0. The van der Waals surface area contributed by atoms with Gasteiger partial charge in [0, 0.05) is 35.3 Å². The van der Waals surface area contributed by atoms with Crippen molar-refractivity contribution in [2.75, 3.05) is 16.0 Å². The van der Waals surface area contributed by atoms with Crippen LogP contribution in [0.1, 0.15) is 17.5 Å². The molecule has 0 saturated carbocycles. The van der Waals surface area contributed by atoms with Gasteiger partial charge in [0.1, 0.15) is 17.5 Å². The molecular formula is C9H12Br3N3.